The number of nitrogens with one attached hydrogen (secondary N) is 2. The largest absolute Gasteiger partial charge is 0.497 e. The van der Waals surface area contributed by atoms with Gasteiger partial charge >= 0.3 is 4.87 Å². The molecule has 9 nitrogen and oxygen atoms in total. The molecule has 6 rings (SSSR count). The van der Waals surface area contributed by atoms with Crippen molar-refractivity contribution in [3.8, 4) is 11.5 Å². The molecule has 0 bridgehead atoms. The van der Waals surface area contributed by atoms with Gasteiger partial charge in [0.05, 0.1) is 33.8 Å². The lowest BCUT2D eigenvalue weighted by atomic mass is 9.82. The van der Waals surface area contributed by atoms with E-state index in [2.05, 4.69) is 10.3 Å². The molecule has 0 saturated carbocycles. The molecule has 2 aliphatic rings. The monoisotopic (exact) mass is 641 g/mol. The highest BCUT2D eigenvalue weighted by Crippen LogP contribution is 2.54. The molecule has 0 spiro atoms. The van der Waals surface area contributed by atoms with E-state index in [-0.39, 0.29) is 23.3 Å². The molecule has 3 aromatic carbocycles. The molecule has 42 heavy (non-hydrogen) atoms. The number of halogens is 2. The number of hydrogen-bond acceptors (Lipinski definition) is 8. The van der Waals surface area contributed by atoms with Crippen LogP contribution in [-0.4, -0.2) is 41.7 Å². The van der Waals surface area contributed by atoms with Gasteiger partial charge < -0.3 is 19.8 Å². The summed E-state index contributed by atoms with van der Waals surface area (Å²) >= 11 is 14.2. The number of H-pyrrole nitrogens is 1. The van der Waals surface area contributed by atoms with Crippen molar-refractivity contribution in [2.75, 3.05) is 23.9 Å². The maximum absolute atomic E-state index is 14.0. The zero-order valence-electron chi connectivity index (χ0n) is 21.8. The van der Waals surface area contributed by atoms with Crippen molar-refractivity contribution in [3.63, 3.8) is 0 Å². The third kappa shape index (κ3) is 5.17. The lowest BCUT2D eigenvalue weighted by molar-refractivity contribution is -0.122. The molecule has 214 valence electrons. The van der Waals surface area contributed by atoms with E-state index >= 15 is 0 Å². The van der Waals surface area contributed by atoms with E-state index in [1.54, 1.807) is 60.7 Å². The Morgan fingerprint density at radius 2 is 1.76 bits per heavy atom. The smallest absolute Gasteiger partial charge is 0.305 e. The standard InChI is InChI=1S/C29H21Cl2N3O6S2/c1-39-16-9-7-15(8-10-16)34-27(36)23-22(24-26(33-29(38)42-24)41-25(23)28(34)37)17-4-2-3-5-20(17)40-13-21(35)32-14-6-11-18(30)19(31)12-14/h2-12,22-23,25H,13H2,1H3,(H,32,35)(H,33,38)/t22-,23?,25?/m1/s1. The number of thioether (sulfide) groups is 1. The van der Waals surface area contributed by atoms with Crippen molar-refractivity contribution in [1.29, 1.82) is 0 Å². The molecular formula is C29H21Cl2N3O6S2. The van der Waals surface area contributed by atoms with Crippen LogP contribution in [0.4, 0.5) is 11.4 Å². The molecular weight excluding hydrogens is 621 g/mol. The number of amides is 3. The summed E-state index contributed by atoms with van der Waals surface area (Å²) in [6.45, 7) is -0.339. The van der Waals surface area contributed by atoms with E-state index in [1.807, 2.05) is 0 Å². The van der Waals surface area contributed by atoms with Crippen LogP contribution < -0.4 is 24.6 Å². The molecule has 0 radical (unpaired) electrons. The molecule has 1 saturated heterocycles. The Hall–Kier alpha value is -3.77. The van der Waals surface area contributed by atoms with Crippen molar-refractivity contribution in [2.45, 2.75) is 16.2 Å². The Morgan fingerprint density at radius 1 is 1.00 bits per heavy atom. The minimum atomic E-state index is -0.807. The number of ether oxygens (including phenoxy) is 2. The fourth-order valence-electron chi connectivity index (χ4n) is 5.12. The number of aromatic nitrogens is 1. The molecule has 2 N–H and O–H groups in total. The van der Waals surface area contributed by atoms with Crippen LogP contribution in [-0.2, 0) is 14.4 Å². The summed E-state index contributed by atoms with van der Waals surface area (Å²) < 4.78 is 11.2. The fourth-order valence-corrected chi connectivity index (χ4v) is 7.93. The molecule has 13 heteroatoms. The predicted octanol–water partition coefficient (Wildman–Crippen LogP) is 5.57. The summed E-state index contributed by atoms with van der Waals surface area (Å²) in [7, 11) is 1.53. The van der Waals surface area contributed by atoms with Gasteiger partial charge in [-0.15, -0.1) is 0 Å². The van der Waals surface area contributed by atoms with Crippen LogP contribution in [0.2, 0.25) is 10.0 Å². The molecule has 3 amide bonds. The number of fused-ring (bicyclic) bond motifs is 2. The number of anilines is 2. The third-order valence-electron chi connectivity index (χ3n) is 6.97. The van der Waals surface area contributed by atoms with Gasteiger partial charge in [0.25, 0.3) is 5.91 Å². The number of benzene rings is 3. The first kappa shape index (κ1) is 28.4. The summed E-state index contributed by atoms with van der Waals surface area (Å²) in [6, 6.07) is 18.4. The maximum atomic E-state index is 14.0. The molecule has 4 aromatic rings. The minimum absolute atomic E-state index is 0.288. The van der Waals surface area contributed by atoms with Gasteiger partial charge in [-0.1, -0.05) is 64.5 Å². The zero-order valence-corrected chi connectivity index (χ0v) is 24.9. The summed E-state index contributed by atoms with van der Waals surface area (Å²) in [4.78, 5) is 57.2. The Bertz CT molecular complexity index is 1770. The first-order valence-corrected chi connectivity index (χ1v) is 15.1. The molecule has 2 unspecified atom stereocenters. The maximum Gasteiger partial charge on any atom is 0.305 e. The lowest BCUT2D eigenvalue weighted by Gasteiger charge is -2.30. The second-order valence-corrected chi connectivity index (χ2v) is 12.4. The molecule has 3 atom stereocenters. The molecule has 3 heterocycles. The van der Waals surface area contributed by atoms with Crippen LogP contribution in [0.5, 0.6) is 11.5 Å². The van der Waals surface area contributed by atoms with Gasteiger partial charge in [0.2, 0.25) is 11.8 Å². The van der Waals surface area contributed by atoms with E-state index in [1.165, 1.54) is 29.8 Å². The second-order valence-electron chi connectivity index (χ2n) is 9.46. The van der Waals surface area contributed by atoms with Crippen molar-refractivity contribution in [1.82, 2.24) is 4.98 Å². The first-order valence-electron chi connectivity index (χ1n) is 12.6. The van der Waals surface area contributed by atoms with Crippen LogP contribution in [0.3, 0.4) is 0 Å². The van der Waals surface area contributed by atoms with Crippen molar-refractivity contribution in [3.05, 3.63) is 96.9 Å². The highest BCUT2D eigenvalue weighted by atomic mass is 35.5. The molecule has 0 aliphatic carbocycles. The number of imide groups is 1. The first-order chi connectivity index (χ1) is 20.2. The van der Waals surface area contributed by atoms with Gasteiger partial charge in [0.1, 0.15) is 16.7 Å². The van der Waals surface area contributed by atoms with Gasteiger partial charge in [-0.05, 0) is 48.5 Å². The normalized spacial score (nSPS) is 19.3. The Labute approximate surface area is 257 Å². The summed E-state index contributed by atoms with van der Waals surface area (Å²) in [5.41, 5.74) is 1.47. The van der Waals surface area contributed by atoms with Gasteiger partial charge in [0.15, 0.2) is 6.61 Å². The van der Waals surface area contributed by atoms with Crippen LogP contribution in [0, 0.1) is 5.92 Å². The van der Waals surface area contributed by atoms with Crippen LogP contribution in [0.15, 0.2) is 76.6 Å². The van der Waals surface area contributed by atoms with Crippen LogP contribution in [0.25, 0.3) is 0 Å². The van der Waals surface area contributed by atoms with Crippen LogP contribution in [0.1, 0.15) is 16.4 Å². The Kier molecular flexibility index (Phi) is 7.75. The summed E-state index contributed by atoms with van der Waals surface area (Å²) in [6.07, 6.45) is 0. The Balaban J connectivity index is 1.32. The predicted molar refractivity (Wildman–Crippen MR) is 162 cm³/mol. The van der Waals surface area contributed by atoms with Crippen molar-refractivity contribution < 1.29 is 23.9 Å². The molecule has 1 fully saturated rings. The number of hydrogen-bond donors (Lipinski definition) is 2. The average molecular weight is 643 g/mol. The van der Waals surface area contributed by atoms with Crippen LogP contribution >= 0.6 is 46.3 Å². The van der Waals surface area contributed by atoms with E-state index < -0.39 is 23.0 Å². The topological polar surface area (TPSA) is 118 Å². The summed E-state index contributed by atoms with van der Waals surface area (Å²) in [5.74, 6) is -1.72. The van der Waals surface area contributed by atoms with E-state index in [0.717, 1.165) is 11.3 Å². The number of carbonyl (C=O) groups is 3. The van der Waals surface area contributed by atoms with E-state index in [4.69, 9.17) is 32.7 Å². The number of thiazole rings is 1. The average Bonchev–Trinajstić information content (AvgIpc) is 3.48. The van der Waals surface area contributed by atoms with Gasteiger partial charge in [-0.2, -0.15) is 0 Å². The van der Waals surface area contributed by atoms with Crippen molar-refractivity contribution in [2.24, 2.45) is 5.92 Å². The highest BCUT2D eigenvalue weighted by Gasteiger charge is 2.56. The van der Waals surface area contributed by atoms with E-state index in [0.29, 0.717) is 48.4 Å². The number of nitrogens with zero attached hydrogens (tertiary/aromatic N) is 1. The fraction of sp³-hybridized carbons (Fsp3) is 0.172. The molecule has 2 aliphatic heterocycles. The number of carbonyl (C=O) groups excluding carboxylic acids is 3. The number of methoxy groups -OCH3 is 1. The van der Waals surface area contributed by atoms with Gasteiger partial charge in [0, 0.05) is 22.0 Å². The minimum Gasteiger partial charge on any atom is -0.497 e. The number of aromatic amines is 1. The van der Waals surface area contributed by atoms with Gasteiger partial charge in [-0.25, -0.2) is 4.90 Å². The second kappa shape index (κ2) is 11.5. The Morgan fingerprint density at radius 3 is 2.50 bits per heavy atom. The third-order valence-corrected chi connectivity index (χ3v) is 10.1. The van der Waals surface area contributed by atoms with Crippen molar-refractivity contribution >= 4 is 75.4 Å². The molecule has 1 aromatic heterocycles. The number of rotatable bonds is 7. The van der Waals surface area contributed by atoms with Gasteiger partial charge in [-0.3, -0.25) is 19.2 Å². The SMILES string of the molecule is COc1ccc(N2C(=O)C3Sc4[nH]c(=O)sc4[C@H](c4ccccc4OCC(=O)Nc4ccc(Cl)c(Cl)c4)C3C2=O)cc1. The quantitative estimate of drug-likeness (QED) is 0.254. The highest BCUT2D eigenvalue weighted by molar-refractivity contribution is 8.00. The van der Waals surface area contributed by atoms with E-state index in [9.17, 15) is 19.2 Å². The summed E-state index contributed by atoms with van der Waals surface area (Å²) in [5, 5.41) is 3.14. The number of para-hydroxylation sites is 1. The zero-order chi connectivity index (χ0) is 29.5. The lowest BCUT2D eigenvalue weighted by Crippen LogP contribution is -2.32.